The van der Waals surface area contributed by atoms with Gasteiger partial charge in [0, 0.05) is 24.4 Å². The Hall–Kier alpha value is -3.48. The SMILES string of the molecule is COc1cc(/C=C/C(=O)Nc2ccc(NC(C)=O)cc2)cc2c1OCCO2. The molecule has 0 spiro atoms. The molecule has 140 valence electrons. The zero-order valence-electron chi connectivity index (χ0n) is 15.1. The van der Waals surface area contributed by atoms with E-state index in [2.05, 4.69) is 10.6 Å². The smallest absolute Gasteiger partial charge is 0.248 e. The van der Waals surface area contributed by atoms with Crippen LogP contribution in [0.4, 0.5) is 11.4 Å². The number of amides is 2. The average Bonchev–Trinajstić information content (AvgIpc) is 2.67. The van der Waals surface area contributed by atoms with E-state index in [1.54, 1.807) is 49.6 Å². The molecule has 0 saturated heterocycles. The molecule has 0 bridgehead atoms. The number of anilines is 2. The highest BCUT2D eigenvalue weighted by Gasteiger charge is 2.17. The second kappa shape index (κ2) is 8.27. The molecule has 7 heteroatoms. The minimum Gasteiger partial charge on any atom is -0.493 e. The van der Waals surface area contributed by atoms with Crippen LogP contribution in [0.15, 0.2) is 42.5 Å². The Morgan fingerprint density at radius 1 is 1.04 bits per heavy atom. The van der Waals surface area contributed by atoms with E-state index in [1.165, 1.54) is 13.0 Å². The first-order valence-corrected chi connectivity index (χ1v) is 8.39. The third-order valence-electron chi connectivity index (χ3n) is 3.75. The number of nitrogens with one attached hydrogen (secondary N) is 2. The van der Waals surface area contributed by atoms with Crippen LogP contribution in [0.1, 0.15) is 12.5 Å². The molecule has 2 aromatic rings. The number of methoxy groups -OCH3 is 1. The van der Waals surface area contributed by atoms with Gasteiger partial charge in [0.25, 0.3) is 0 Å². The van der Waals surface area contributed by atoms with Crippen LogP contribution >= 0.6 is 0 Å². The molecule has 27 heavy (non-hydrogen) atoms. The molecule has 1 heterocycles. The number of carbonyl (C=O) groups is 2. The summed E-state index contributed by atoms with van der Waals surface area (Å²) in [5.74, 6) is 1.29. The maximum absolute atomic E-state index is 12.1. The van der Waals surface area contributed by atoms with Gasteiger partial charge in [0.2, 0.25) is 17.6 Å². The summed E-state index contributed by atoms with van der Waals surface area (Å²) in [5.41, 5.74) is 2.05. The Bertz CT molecular complexity index is 857. The van der Waals surface area contributed by atoms with Crippen molar-refractivity contribution < 1.29 is 23.8 Å². The molecule has 0 aromatic heterocycles. The lowest BCUT2D eigenvalue weighted by Gasteiger charge is -2.20. The van der Waals surface area contributed by atoms with Gasteiger partial charge in [-0.25, -0.2) is 0 Å². The predicted octanol–water partition coefficient (Wildman–Crippen LogP) is 3.08. The van der Waals surface area contributed by atoms with Gasteiger partial charge in [0.15, 0.2) is 11.5 Å². The first kappa shape index (κ1) is 18.3. The molecule has 3 rings (SSSR count). The molecular weight excluding hydrogens is 348 g/mol. The number of hydrogen-bond acceptors (Lipinski definition) is 5. The highest BCUT2D eigenvalue weighted by molar-refractivity contribution is 6.02. The lowest BCUT2D eigenvalue weighted by Crippen LogP contribution is -2.16. The first-order chi connectivity index (χ1) is 13.0. The summed E-state index contributed by atoms with van der Waals surface area (Å²) in [6.45, 7) is 2.38. The number of rotatable bonds is 5. The lowest BCUT2D eigenvalue weighted by molar-refractivity contribution is -0.114. The zero-order valence-corrected chi connectivity index (χ0v) is 15.1. The van der Waals surface area contributed by atoms with Crippen molar-refractivity contribution in [3.63, 3.8) is 0 Å². The van der Waals surface area contributed by atoms with Gasteiger partial charge in [-0.1, -0.05) is 0 Å². The van der Waals surface area contributed by atoms with Gasteiger partial charge in [-0.2, -0.15) is 0 Å². The van der Waals surface area contributed by atoms with Crippen LogP contribution in [0.5, 0.6) is 17.2 Å². The third kappa shape index (κ3) is 4.78. The Morgan fingerprint density at radius 3 is 2.37 bits per heavy atom. The number of benzene rings is 2. The summed E-state index contributed by atoms with van der Waals surface area (Å²) < 4.78 is 16.5. The minimum atomic E-state index is -0.281. The van der Waals surface area contributed by atoms with E-state index in [0.717, 1.165) is 5.56 Å². The second-order valence-electron chi connectivity index (χ2n) is 5.83. The standard InChI is InChI=1S/C20H20N2O5/c1-13(23)21-15-4-6-16(7-5-15)22-19(24)8-3-14-11-17(25-2)20-18(12-14)26-9-10-27-20/h3-8,11-12H,9-10H2,1-2H3,(H,21,23)(H,22,24)/b8-3+. The minimum absolute atomic E-state index is 0.149. The van der Waals surface area contributed by atoms with Crippen molar-refractivity contribution in [2.75, 3.05) is 31.0 Å². The molecule has 0 saturated carbocycles. The van der Waals surface area contributed by atoms with Crippen LogP contribution < -0.4 is 24.8 Å². The van der Waals surface area contributed by atoms with E-state index in [1.807, 2.05) is 0 Å². The van der Waals surface area contributed by atoms with Crippen molar-refractivity contribution in [1.29, 1.82) is 0 Å². The zero-order chi connectivity index (χ0) is 19.2. The third-order valence-corrected chi connectivity index (χ3v) is 3.75. The molecule has 1 aliphatic rings. The molecule has 2 aromatic carbocycles. The molecule has 0 unspecified atom stereocenters. The van der Waals surface area contributed by atoms with Gasteiger partial charge in [-0.15, -0.1) is 0 Å². The van der Waals surface area contributed by atoms with E-state index in [-0.39, 0.29) is 11.8 Å². The van der Waals surface area contributed by atoms with E-state index < -0.39 is 0 Å². The van der Waals surface area contributed by atoms with Gasteiger partial charge in [-0.3, -0.25) is 9.59 Å². The fourth-order valence-electron chi connectivity index (χ4n) is 2.59. The Labute approximate surface area is 156 Å². The van der Waals surface area contributed by atoms with Gasteiger partial charge in [-0.05, 0) is 48.0 Å². The Balaban J connectivity index is 1.67. The van der Waals surface area contributed by atoms with Gasteiger partial charge >= 0.3 is 0 Å². The summed E-state index contributed by atoms with van der Waals surface area (Å²) >= 11 is 0. The highest BCUT2D eigenvalue weighted by atomic mass is 16.6. The predicted molar refractivity (Wildman–Crippen MR) is 102 cm³/mol. The largest absolute Gasteiger partial charge is 0.493 e. The van der Waals surface area contributed by atoms with Crippen molar-refractivity contribution in [2.24, 2.45) is 0 Å². The average molecular weight is 368 g/mol. The van der Waals surface area contributed by atoms with Crippen LogP contribution in [-0.4, -0.2) is 32.1 Å². The number of hydrogen-bond donors (Lipinski definition) is 2. The molecule has 0 atom stereocenters. The summed E-state index contributed by atoms with van der Waals surface area (Å²) in [6, 6.07) is 10.4. The van der Waals surface area contributed by atoms with Crippen molar-refractivity contribution in [1.82, 2.24) is 0 Å². The molecule has 2 N–H and O–H groups in total. The van der Waals surface area contributed by atoms with E-state index >= 15 is 0 Å². The quantitative estimate of drug-likeness (QED) is 0.792. The van der Waals surface area contributed by atoms with Gasteiger partial charge < -0.3 is 24.8 Å². The topological polar surface area (TPSA) is 85.9 Å². The fraction of sp³-hybridized carbons (Fsp3) is 0.200. The molecule has 2 amide bonds. The van der Waals surface area contributed by atoms with Crippen LogP contribution in [0, 0.1) is 0 Å². The van der Waals surface area contributed by atoms with E-state index in [9.17, 15) is 9.59 Å². The molecular formula is C20H20N2O5. The summed E-state index contributed by atoms with van der Waals surface area (Å²) in [4.78, 5) is 23.2. The highest BCUT2D eigenvalue weighted by Crippen LogP contribution is 2.40. The molecule has 0 radical (unpaired) electrons. The fourth-order valence-corrected chi connectivity index (χ4v) is 2.59. The van der Waals surface area contributed by atoms with E-state index in [4.69, 9.17) is 14.2 Å². The summed E-state index contributed by atoms with van der Waals surface area (Å²) in [5, 5.41) is 5.43. The van der Waals surface area contributed by atoms with Crippen LogP contribution in [0.25, 0.3) is 6.08 Å². The first-order valence-electron chi connectivity index (χ1n) is 8.39. The van der Waals surface area contributed by atoms with Gasteiger partial charge in [0.1, 0.15) is 13.2 Å². The van der Waals surface area contributed by atoms with Crippen LogP contribution in [-0.2, 0) is 9.59 Å². The Kier molecular flexibility index (Phi) is 5.61. The van der Waals surface area contributed by atoms with Crippen molar-refractivity contribution in [3.05, 3.63) is 48.0 Å². The van der Waals surface area contributed by atoms with Crippen LogP contribution in [0.2, 0.25) is 0 Å². The van der Waals surface area contributed by atoms with Crippen molar-refractivity contribution in [3.8, 4) is 17.2 Å². The van der Waals surface area contributed by atoms with E-state index in [0.29, 0.717) is 41.8 Å². The maximum atomic E-state index is 12.1. The lowest BCUT2D eigenvalue weighted by atomic mass is 10.1. The van der Waals surface area contributed by atoms with Crippen molar-refractivity contribution in [2.45, 2.75) is 6.92 Å². The summed E-state index contributed by atoms with van der Waals surface area (Å²) in [6.07, 6.45) is 3.09. The molecule has 7 nitrogen and oxygen atoms in total. The number of carbonyl (C=O) groups excluding carboxylic acids is 2. The Morgan fingerprint density at radius 2 is 1.70 bits per heavy atom. The second-order valence-corrected chi connectivity index (χ2v) is 5.83. The van der Waals surface area contributed by atoms with Crippen molar-refractivity contribution >= 4 is 29.3 Å². The number of fused-ring (bicyclic) bond motifs is 1. The summed E-state index contributed by atoms with van der Waals surface area (Å²) in [7, 11) is 1.55. The van der Waals surface area contributed by atoms with Gasteiger partial charge in [0.05, 0.1) is 7.11 Å². The normalized spacial score (nSPS) is 12.5. The molecule has 0 aliphatic carbocycles. The molecule has 0 fully saturated rings. The number of ether oxygens (including phenoxy) is 3. The monoisotopic (exact) mass is 368 g/mol. The maximum Gasteiger partial charge on any atom is 0.248 e. The van der Waals surface area contributed by atoms with Crippen LogP contribution in [0.3, 0.4) is 0 Å². The molecule has 1 aliphatic heterocycles.